The molecule has 0 bridgehead atoms. The van der Waals surface area contributed by atoms with E-state index in [2.05, 4.69) is 18.2 Å². The molecule has 4 rings (SSSR count). The number of methoxy groups -OCH3 is 1. The summed E-state index contributed by atoms with van der Waals surface area (Å²) in [5.41, 5.74) is 2.35. The molecule has 3 heteroatoms. The van der Waals surface area contributed by atoms with Crippen molar-refractivity contribution in [3.05, 3.63) is 29.3 Å². The molecule has 1 aromatic rings. The van der Waals surface area contributed by atoms with Crippen molar-refractivity contribution in [3.63, 3.8) is 0 Å². The number of hydrogen-bond donors (Lipinski definition) is 0. The lowest BCUT2D eigenvalue weighted by atomic mass is 9.70. The average Bonchev–Trinajstić information content (AvgIpc) is 2.81. The number of rotatable bonds is 1. The second-order valence-electron chi connectivity index (χ2n) is 5.19. The van der Waals surface area contributed by atoms with E-state index < -0.39 is 0 Å². The van der Waals surface area contributed by atoms with Gasteiger partial charge < -0.3 is 9.47 Å². The third-order valence-corrected chi connectivity index (χ3v) is 4.34. The Kier molecular flexibility index (Phi) is 1.91. The fourth-order valence-corrected chi connectivity index (χ4v) is 3.50. The summed E-state index contributed by atoms with van der Waals surface area (Å²) in [7, 11) is 1.64. The van der Waals surface area contributed by atoms with Crippen molar-refractivity contribution in [2.75, 3.05) is 7.11 Å². The summed E-state index contributed by atoms with van der Waals surface area (Å²) in [6.07, 6.45) is 5.66. The zero-order valence-corrected chi connectivity index (χ0v) is 10.2. The Balaban J connectivity index is 1.96. The average molecular weight is 242 g/mol. The molecule has 92 valence electrons. The van der Waals surface area contributed by atoms with Gasteiger partial charge in [-0.05, 0) is 24.0 Å². The first-order valence-corrected chi connectivity index (χ1v) is 6.38. The van der Waals surface area contributed by atoms with Crippen LogP contribution in [-0.2, 0) is 4.79 Å². The van der Waals surface area contributed by atoms with Gasteiger partial charge in [-0.15, -0.1) is 0 Å². The minimum atomic E-state index is -0.293. The molecule has 0 aromatic heterocycles. The van der Waals surface area contributed by atoms with Crippen molar-refractivity contribution in [3.8, 4) is 11.5 Å². The molecule has 18 heavy (non-hydrogen) atoms. The first-order chi connectivity index (χ1) is 8.79. The Morgan fingerprint density at radius 1 is 1.39 bits per heavy atom. The number of hydrogen-bond acceptors (Lipinski definition) is 3. The van der Waals surface area contributed by atoms with Crippen molar-refractivity contribution < 1.29 is 14.3 Å². The standard InChI is InChI=1S/C15H14O3/c1-17-11-7-5-9-3-2-8-4-6-10(16)14-12(8)13(9)15(11)18-14/h2-3,5,7-8,12,14H,4,6H2,1H3/t8-,12+,14+/m0/s1. The summed E-state index contributed by atoms with van der Waals surface area (Å²) in [5, 5.41) is 0. The van der Waals surface area contributed by atoms with E-state index in [1.165, 1.54) is 11.1 Å². The number of ether oxygens (including phenoxy) is 2. The zero-order valence-electron chi connectivity index (χ0n) is 10.2. The van der Waals surface area contributed by atoms with Gasteiger partial charge in [-0.2, -0.15) is 0 Å². The van der Waals surface area contributed by atoms with Crippen LogP contribution >= 0.6 is 0 Å². The topological polar surface area (TPSA) is 35.5 Å². The molecule has 3 atom stereocenters. The monoisotopic (exact) mass is 242 g/mol. The SMILES string of the molecule is COc1ccc2c3c1O[C@@H]1C(=O)CC[C@H](C=C2)[C@H]31. The van der Waals surface area contributed by atoms with Crippen molar-refractivity contribution in [1.82, 2.24) is 0 Å². The van der Waals surface area contributed by atoms with Crippen LogP contribution in [0.25, 0.3) is 6.08 Å². The summed E-state index contributed by atoms with van der Waals surface area (Å²) in [6.45, 7) is 0. The highest BCUT2D eigenvalue weighted by Gasteiger charge is 2.48. The molecule has 0 N–H and O–H groups in total. The van der Waals surface area contributed by atoms with Crippen LogP contribution in [0.5, 0.6) is 11.5 Å². The van der Waals surface area contributed by atoms with E-state index in [1.54, 1.807) is 7.11 Å². The molecule has 0 saturated heterocycles. The van der Waals surface area contributed by atoms with Crippen LogP contribution in [0.2, 0.25) is 0 Å². The van der Waals surface area contributed by atoms with Gasteiger partial charge in [0.2, 0.25) is 0 Å². The third kappa shape index (κ3) is 1.12. The molecule has 1 saturated carbocycles. The lowest BCUT2D eigenvalue weighted by Gasteiger charge is -2.32. The Labute approximate surface area is 105 Å². The molecule has 1 heterocycles. The lowest BCUT2D eigenvalue weighted by Crippen LogP contribution is -2.38. The van der Waals surface area contributed by atoms with Crippen molar-refractivity contribution in [1.29, 1.82) is 0 Å². The number of carbonyl (C=O) groups is 1. The maximum atomic E-state index is 12.0. The first kappa shape index (κ1) is 10.2. The smallest absolute Gasteiger partial charge is 0.173 e. The number of carbonyl (C=O) groups excluding carboxylic acids is 1. The number of ketones is 1. The fourth-order valence-electron chi connectivity index (χ4n) is 3.50. The largest absolute Gasteiger partial charge is 0.493 e. The molecule has 0 spiro atoms. The summed E-state index contributed by atoms with van der Waals surface area (Å²) >= 11 is 0. The second kappa shape index (κ2) is 3.37. The Morgan fingerprint density at radius 2 is 2.28 bits per heavy atom. The Morgan fingerprint density at radius 3 is 3.11 bits per heavy atom. The summed E-state index contributed by atoms with van der Waals surface area (Å²) < 4.78 is 11.3. The van der Waals surface area contributed by atoms with Crippen molar-refractivity contribution in [2.24, 2.45) is 5.92 Å². The number of benzene rings is 1. The van der Waals surface area contributed by atoms with Crippen molar-refractivity contribution in [2.45, 2.75) is 24.9 Å². The van der Waals surface area contributed by atoms with Gasteiger partial charge in [0.1, 0.15) is 0 Å². The normalized spacial score (nSPS) is 30.9. The van der Waals surface area contributed by atoms with Gasteiger partial charge in [0.05, 0.1) is 7.11 Å². The molecule has 3 nitrogen and oxygen atoms in total. The van der Waals surface area contributed by atoms with Gasteiger partial charge in [0.15, 0.2) is 23.4 Å². The number of allylic oxidation sites excluding steroid dienone is 1. The van der Waals surface area contributed by atoms with Crippen LogP contribution in [0.15, 0.2) is 18.2 Å². The molecular weight excluding hydrogens is 228 g/mol. The molecule has 0 amide bonds. The molecule has 1 fully saturated rings. The molecular formula is C15H14O3. The van der Waals surface area contributed by atoms with E-state index in [0.29, 0.717) is 12.3 Å². The lowest BCUT2D eigenvalue weighted by molar-refractivity contribution is -0.128. The van der Waals surface area contributed by atoms with Crippen LogP contribution in [0.4, 0.5) is 0 Å². The number of Topliss-reactive ketones (excluding diaryl/α,β-unsaturated/α-hetero) is 1. The van der Waals surface area contributed by atoms with E-state index >= 15 is 0 Å². The predicted octanol–water partition coefficient (Wildman–Crippen LogP) is 2.55. The summed E-state index contributed by atoms with van der Waals surface area (Å²) in [5.74, 6) is 2.40. The van der Waals surface area contributed by atoms with Gasteiger partial charge in [-0.3, -0.25) is 4.79 Å². The molecule has 1 aromatic carbocycles. The Hall–Kier alpha value is -1.77. The van der Waals surface area contributed by atoms with Crippen molar-refractivity contribution >= 4 is 11.9 Å². The molecule has 1 aliphatic heterocycles. The maximum absolute atomic E-state index is 12.0. The van der Waals surface area contributed by atoms with E-state index in [4.69, 9.17) is 9.47 Å². The molecule has 0 unspecified atom stereocenters. The van der Waals surface area contributed by atoms with Crippen LogP contribution < -0.4 is 9.47 Å². The molecule has 3 aliphatic rings. The van der Waals surface area contributed by atoms with Crippen LogP contribution in [0.1, 0.15) is 29.9 Å². The van der Waals surface area contributed by atoms with E-state index in [-0.39, 0.29) is 17.8 Å². The summed E-state index contributed by atoms with van der Waals surface area (Å²) in [6, 6.07) is 3.97. The predicted molar refractivity (Wildman–Crippen MR) is 66.9 cm³/mol. The highest BCUT2D eigenvalue weighted by molar-refractivity contribution is 5.88. The Bertz CT molecular complexity index is 573. The molecule has 2 aliphatic carbocycles. The quantitative estimate of drug-likeness (QED) is 0.759. The highest BCUT2D eigenvalue weighted by Crippen LogP contribution is 2.54. The van der Waals surface area contributed by atoms with Gasteiger partial charge >= 0.3 is 0 Å². The van der Waals surface area contributed by atoms with Gasteiger partial charge in [0.25, 0.3) is 0 Å². The van der Waals surface area contributed by atoms with Crippen LogP contribution in [0.3, 0.4) is 0 Å². The minimum Gasteiger partial charge on any atom is -0.493 e. The van der Waals surface area contributed by atoms with E-state index in [9.17, 15) is 4.79 Å². The third-order valence-electron chi connectivity index (χ3n) is 4.34. The van der Waals surface area contributed by atoms with Gasteiger partial charge in [0, 0.05) is 17.9 Å². The van der Waals surface area contributed by atoms with Gasteiger partial charge in [-0.1, -0.05) is 18.2 Å². The molecule has 0 radical (unpaired) electrons. The fraction of sp³-hybridized carbons (Fsp3) is 0.400. The summed E-state index contributed by atoms with van der Waals surface area (Å²) in [4.78, 5) is 12.0. The van der Waals surface area contributed by atoms with Gasteiger partial charge in [-0.25, -0.2) is 0 Å². The van der Waals surface area contributed by atoms with E-state index in [0.717, 1.165) is 17.9 Å². The maximum Gasteiger partial charge on any atom is 0.173 e. The zero-order chi connectivity index (χ0) is 12.3. The minimum absolute atomic E-state index is 0.205. The van der Waals surface area contributed by atoms with Crippen LogP contribution in [0, 0.1) is 5.92 Å². The second-order valence-corrected chi connectivity index (χ2v) is 5.19. The highest BCUT2D eigenvalue weighted by atomic mass is 16.5. The first-order valence-electron chi connectivity index (χ1n) is 6.38. The van der Waals surface area contributed by atoms with E-state index in [1.807, 2.05) is 6.07 Å². The van der Waals surface area contributed by atoms with Crippen LogP contribution in [-0.4, -0.2) is 19.0 Å².